The highest BCUT2D eigenvalue weighted by molar-refractivity contribution is 5.99. The number of nitrogens with zero attached hydrogens (tertiary/aromatic N) is 1. The van der Waals surface area contributed by atoms with Crippen LogP contribution in [0.15, 0.2) is 0 Å². The van der Waals surface area contributed by atoms with Crippen molar-refractivity contribution < 1.29 is 14.3 Å². The smallest absolute Gasteiger partial charge is 0.303 e. The molecule has 0 amide bonds. The summed E-state index contributed by atoms with van der Waals surface area (Å²) in [5.74, 6) is -0.276. The molecule has 1 aliphatic rings. The summed E-state index contributed by atoms with van der Waals surface area (Å²) < 4.78 is 4.83. The number of hydrogen-bond donors (Lipinski definition) is 1. The van der Waals surface area contributed by atoms with Crippen molar-refractivity contribution in [2.24, 2.45) is 0 Å². The number of ketones is 1. The minimum absolute atomic E-state index is 0.0763. The van der Waals surface area contributed by atoms with Crippen molar-refractivity contribution in [3.8, 4) is 0 Å². The number of H-pyrrole nitrogens is 1. The van der Waals surface area contributed by atoms with Crippen molar-refractivity contribution >= 4 is 11.8 Å². The standard InChI is InChI=1S/C10H12N2O3/c1-6(13)15-5-8-10-7(11-12-8)3-2-4-9(10)14/h2-5H2,1H3,(H,11,12). The molecule has 0 atom stereocenters. The molecule has 0 bridgehead atoms. The maximum Gasteiger partial charge on any atom is 0.303 e. The van der Waals surface area contributed by atoms with Gasteiger partial charge in [-0.2, -0.15) is 5.10 Å². The summed E-state index contributed by atoms with van der Waals surface area (Å²) >= 11 is 0. The Balaban J connectivity index is 2.22. The van der Waals surface area contributed by atoms with Crippen LogP contribution >= 0.6 is 0 Å². The van der Waals surface area contributed by atoms with Gasteiger partial charge in [-0.05, 0) is 12.8 Å². The van der Waals surface area contributed by atoms with Crippen molar-refractivity contribution in [2.45, 2.75) is 32.8 Å². The number of fused-ring (bicyclic) bond motifs is 1. The van der Waals surface area contributed by atoms with Crippen molar-refractivity contribution in [2.75, 3.05) is 0 Å². The lowest BCUT2D eigenvalue weighted by atomic mass is 9.95. The van der Waals surface area contributed by atoms with Crippen LogP contribution in [0.1, 0.15) is 41.5 Å². The van der Waals surface area contributed by atoms with E-state index in [1.807, 2.05) is 0 Å². The van der Waals surface area contributed by atoms with Gasteiger partial charge in [0.15, 0.2) is 5.78 Å². The van der Waals surface area contributed by atoms with Gasteiger partial charge in [-0.25, -0.2) is 0 Å². The first-order valence-corrected chi connectivity index (χ1v) is 4.91. The predicted molar refractivity (Wildman–Crippen MR) is 51.3 cm³/mol. The van der Waals surface area contributed by atoms with Gasteiger partial charge < -0.3 is 4.74 Å². The zero-order valence-corrected chi connectivity index (χ0v) is 8.50. The number of nitrogens with one attached hydrogen (secondary N) is 1. The summed E-state index contributed by atoms with van der Waals surface area (Å²) in [6, 6.07) is 0. The number of aryl methyl sites for hydroxylation is 1. The molecule has 5 heteroatoms. The van der Waals surface area contributed by atoms with E-state index in [1.165, 1.54) is 6.92 Å². The summed E-state index contributed by atoms with van der Waals surface area (Å²) in [6.07, 6.45) is 2.26. The van der Waals surface area contributed by atoms with E-state index >= 15 is 0 Å². The monoisotopic (exact) mass is 208 g/mol. The second kappa shape index (κ2) is 3.84. The van der Waals surface area contributed by atoms with Crippen LogP contribution in [0, 0.1) is 0 Å². The van der Waals surface area contributed by atoms with E-state index in [1.54, 1.807) is 0 Å². The zero-order valence-electron chi connectivity index (χ0n) is 8.50. The first-order chi connectivity index (χ1) is 7.18. The first kappa shape index (κ1) is 9.89. The lowest BCUT2D eigenvalue weighted by molar-refractivity contribution is -0.142. The molecule has 0 spiro atoms. The van der Waals surface area contributed by atoms with E-state index in [-0.39, 0.29) is 18.4 Å². The molecule has 0 saturated carbocycles. The molecule has 1 aliphatic carbocycles. The van der Waals surface area contributed by atoms with E-state index in [0.717, 1.165) is 18.5 Å². The number of ether oxygens (including phenoxy) is 1. The summed E-state index contributed by atoms with van der Waals surface area (Å²) in [6.45, 7) is 1.41. The minimum Gasteiger partial charge on any atom is -0.459 e. The molecule has 0 fully saturated rings. The van der Waals surface area contributed by atoms with Crippen molar-refractivity contribution in [1.29, 1.82) is 0 Å². The van der Waals surface area contributed by atoms with Crippen LogP contribution in [0.3, 0.4) is 0 Å². The number of carbonyl (C=O) groups is 2. The maximum atomic E-state index is 11.6. The Kier molecular flexibility index (Phi) is 2.53. The Morgan fingerprint density at radius 1 is 1.53 bits per heavy atom. The average molecular weight is 208 g/mol. The number of Topliss-reactive ketones (excluding diaryl/α,β-unsaturated/α-hetero) is 1. The molecular formula is C10H12N2O3. The Morgan fingerprint density at radius 2 is 2.33 bits per heavy atom. The van der Waals surface area contributed by atoms with Crippen LogP contribution in [0.5, 0.6) is 0 Å². The van der Waals surface area contributed by atoms with Crippen LogP contribution in [0.25, 0.3) is 0 Å². The van der Waals surface area contributed by atoms with Gasteiger partial charge in [0, 0.05) is 19.0 Å². The van der Waals surface area contributed by atoms with E-state index in [9.17, 15) is 9.59 Å². The van der Waals surface area contributed by atoms with Crippen LogP contribution in [-0.2, 0) is 22.6 Å². The van der Waals surface area contributed by atoms with E-state index in [0.29, 0.717) is 17.7 Å². The molecular weight excluding hydrogens is 196 g/mol. The SMILES string of the molecule is CC(=O)OCc1n[nH]c2c1C(=O)CCC2. The van der Waals surface area contributed by atoms with Gasteiger partial charge in [0.25, 0.3) is 0 Å². The molecule has 80 valence electrons. The van der Waals surface area contributed by atoms with Gasteiger partial charge in [-0.1, -0.05) is 0 Å². The number of aromatic nitrogens is 2. The Bertz CT molecular complexity index is 409. The highest BCUT2D eigenvalue weighted by atomic mass is 16.5. The molecule has 1 heterocycles. The van der Waals surface area contributed by atoms with Crippen molar-refractivity contribution in [1.82, 2.24) is 10.2 Å². The minimum atomic E-state index is -0.366. The topological polar surface area (TPSA) is 72.0 Å². The Hall–Kier alpha value is -1.65. The molecule has 2 rings (SSSR count). The second-order valence-electron chi connectivity index (χ2n) is 3.58. The Morgan fingerprint density at radius 3 is 3.07 bits per heavy atom. The third-order valence-corrected chi connectivity index (χ3v) is 2.44. The molecule has 1 aromatic heterocycles. The highest BCUT2D eigenvalue weighted by Crippen LogP contribution is 2.22. The van der Waals surface area contributed by atoms with Gasteiger partial charge >= 0.3 is 5.97 Å². The third kappa shape index (κ3) is 1.91. The fourth-order valence-electron chi connectivity index (χ4n) is 1.76. The molecule has 0 radical (unpaired) electrons. The van der Waals surface area contributed by atoms with Gasteiger partial charge in [0.1, 0.15) is 12.3 Å². The zero-order chi connectivity index (χ0) is 10.8. The summed E-state index contributed by atoms with van der Waals surface area (Å²) in [5, 5.41) is 6.82. The van der Waals surface area contributed by atoms with Crippen LogP contribution < -0.4 is 0 Å². The van der Waals surface area contributed by atoms with Crippen molar-refractivity contribution in [3.63, 3.8) is 0 Å². The van der Waals surface area contributed by atoms with Gasteiger partial charge in [-0.15, -0.1) is 0 Å². The lowest BCUT2D eigenvalue weighted by Gasteiger charge is -2.09. The maximum absolute atomic E-state index is 11.6. The van der Waals surface area contributed by atoms with Gasteiger partial charge in [0.05, 0.1) is 5.56 Å². The van der Waals surface area contributed by atoms with Gasteiger partial charge in [-0.3, -0.25) is 14.7 Å². The second-order valence-corrected chi connectivity index (χ2v) is 3.58. The quantitative estimate of drug-likeness (QED) is 0.735. The fourth-order valence-corrected chi connectivity index (χ4v) is 1.76. The number of carbonyl (C=O) groups excluding carboxylic acids is 2. The van der Waals surface area contributed by atoms with Crippen LogP contribution in [0.2, 0.25) is 0 Å². The number of hydrogen-bond acceptors (Lipinski definition) is 4. The van der Waals surface area contributed by atoms with E-state index in [2.05, 4.69) is 10.2 Å². The molecule has 0 aliphatic heterocycles. The predicted octanol–water partition coefficient (Wildman–Crippen LogP) is 0.992. The van der Waals surface area contributed by atoms with E-state index < -0.39 is 0 Å². The molecule has 1 aromatic rings. The molecule has 0 saturated heterocycles. The molecule has 5 nitrogen and oxygen atoms in total. The highest BCUT2D eigenvalue weighted by Gasteiger charge is 2.24. The summed E-state index contributed by atoms with van der Waals surface area (Å²) in [5.41, 5.74) is 2.04. The normalized spacial score (nSPS) is 14.9. The fraction of sp³-hybridized carbons (Fsp3) is 0.500. The Labute approximate surface area is 86.8 Å². The lowest BCUT2D eigenvalue weighted by Crippen LogP contribution is -2.12. The number of esters is 1. The molecule has 1 N–H and O–H groups in total. The largest absolute Gasteiger partial charge is 0.459 e. The molecule has 15 heavy (non-hydrogen) atoms. The number of aromatic amines is 1. The first-order valence-electron chi connectivity index (χ1n) is 4.91. The van der Waals surface area contributed by atoms with Crippen molar-refractivity contribution in [3.05, 3.63) is 17.0 Å². The van der Waals surface area contributed by atoms with E-state index in [4.69, 9.17) is 4.74 Å². The van der Waals surface area contributed by atoms with Crippen LogP contribution in [-0.4, -0.2) is 21.9 Å². The molecule has 0 unspecified atom stereocenters. The summed E-state index contributed by atoms with van der Waals surface area (Å²) in [4.78, 5) is 22.3. The molecule has 0 aromatic carbocycles. The third-order valence-electron chi connectivity index (χ3n) is 2.44. The average Bonchev–Trinajstić information content (AvgIpc) is 2.59. The van der Waals surface area contributed by atoms with Crippen LogP contribution in [0.4, 0.5) is 0 Å². The summed E-state index contributed by atoms with van der Waals surface area (Å²) in [7, 11) is 0. The number of rotatable bonds is 2. The van der Waals surface area contributed by atoms with Gasteiger partial charge in [0.2, 0.25) is 0 Å².